The van der Waals surface area contributed by atoms with Gasteiger partial charge in [0.05, 0.1) is 4.92 Å². The normalized spacial score (nSPS) is 17.2. The number of aryl methyl sites for hydroxylation is 1. The molecule has 1 heterocycles. The molecule has 0 amide bonds. The van der Waals surface area contributed by atoms with Gasteiger partial charge in [0.2, 0.25) is 0 Å². The first kappa shape index (κ1) is 11.4. The first-order valence-corrected chi connectivity index (χ1v) is 5.55. The maximum Gasteiger partial charge on any atom is 0.274 e. The van der Waals surface area contributed by atoms with Crippen LogP contribution in [-0.4, -0.2) is 22.9 Å². The van der Waals surface area contributed by atoms with E-state index in [0.717, 1.165) is 19.3 Å². The van der Waals surface area contributed by atoms with Gasteiger partial charge < -0.3 is 10.2 Å². The van der Waals surface area contributed by atoms with E-state index >= 15 is 0 Å². The van der Waals surface area contributed by atoms with Crippen LogP contribution in [0.5, 0.6) is 0 Å². The molecule has 0 aliphatic carbocycles. The Labute approximate surface area is 99.9 Å². The summed E-state index contributed by atoms with van der Waals surface area (Å²) in [7, 11) is 0. The number of hydrogen-bond donors (Lipinski definition) is 1. The van der Waals surface area contributed by atoms with Crippen LogP contribution >= 0.6 is 0 Å². The van der Waals surface area contributed by atoms with Crippen molar-refractivity contribution in [3.63, 3.8) is 0 Å². The number of nitro groups is 1. The van der Waals surface area contributed by atoms with Gasteiger partial charge in [-0.25, -0.2) is 0 Å². The first-order valence-electron chi connectivity index (χ1n) is 5.55. The average molecular weight is 233 g/mol. The lowest BCUT2D eigenvalue weighted by atomic mass is 10.1. The highest BCUT2D eigenvalue weighted by molar-refractivity contribution is 5.23. The van der Waals surface area contributed by atoms with Crippen LogP contribution in [0.1, 0.15) is 11.1 Å². The highest BCUT2D eigenvalue weighted by Crippen LogP contribution is 2.14. The smallest absolute Gasteiger partial charge is 0.274 e. The van der Waals surface area contributed by atoms with Crippen LogP contribution in [0.2, 0.25) is 0 Å². The van der Waals surface area contributed by atoms with E-state index in [2.05, 4.69) is 11.4 Å². The molecule has 5 heteroatoms. The molecule has 1 aliphatic rings. The van der Waals surface area contributed by atoms with Gasteiger partial charge in [0.1, 0.15) is 0 Å². The summed E-state index contributed by atoms with van der Waals surface area (Å²) in [4.78, 5) is 12.0. The molecule has 17 heavy (non-hydrogen) atoms. The Morgan fingerprint density at radius 1 is 1.59 bits per heavy atom. The van der Waals surface area contributed by atoms with Crippen LogP contribution in [-0.2, 0) is 6.54 Å². The van der Waals surface area contributed by atoms with Gasteiger partial charge in [-0.15, -0.1) is 0 Å². The number of hydrogen-bond acceptors (Lipinski definition) is 4. The van der Waals surface area contributed by atoms with Gasteiger partial charge in [0.15, 0.2) is 5.82 Å². The summed E-state index contributed by atoms with van der Waals surface area (Å²) in [6.45, 7) is 4.30. The highest BCUT2D eigenvalue weighted by Gasteiger charge is 2.19. The van der Waals surface area contributed by atoms with Crippen molar-refractivity contribution < 1.29 is 4.92 Å². The molecule has 0 spiro atoms. The summed E-state index contributed by atoms with van der Waals surface area (Å²) in [5, 5.41) is 13.5. The van der Waals surface area contributed by atoms with E-state index in [1.165, 1.54) is 11.1 Å². The monoisotopic (exact) mass is 233 g/mol. The third-order valence-electron chi connectivity index (χ3n) is 2.71. The Hall–Kier alpha value is -2.04. The molecule has 1 N–H and O–H groups in total. The van der Waals surface area contributed by atoms with E-state index in [1.54, 1.807) is 0 Å². The molecule has 0 bridgehead atoms. The van der Waals surface area contributed by atoms with E-state index in [4.69, 9.17) is 0 Å². The zero-order valence-electron chi connectivity index (χ0n) is 9.72. The van der Waals surface area contributed by atoms with Crippen molar-refractivity contribution in [2.45, 2.75) is 13.5 Å². The van der Waals surface area contributed by atoms with Crippen molar-refractivity contribution >= 4 is 0 Å². The van der Waals surface area contributed by atoms with E-state index in [1.807, 2.05) is 30.0 Å². The molecule has 5 nitrogen and oxygen atoms in total. The molecular formula is C12H15N3O2. The maximum atomic E-state index is 10.5. The Balaban J connectivity index is 2.10. The largest absolute Gasteiger partial charge is 0.365 e. The zero-order valence-corrected chi connectivity index (χ0v) is 9.72. The molecule has 1 aromatic carbocycles. The predicted molar refractivity (Wildman–Crippen MR) is 64.7 cm³/mol. The van der Waals surface area contributed by atoms with Gasteiger partial charge in [-0.1, -0.05) is 29.8 Å². The summed E-state index contributed by atoms with van der Waals surface area (Å²) < 4.78 is 0. The maximum absolute atomic E-state index is 10.5. The van der Waals surface area contributed by atoms with Crippen LogP contribution in [0.15, 0.2) is 36.3 Å². The molecule has 1 fully saturated rings. The number of benzene rings is 1. The van der Waals surface area contributed by atoms with Gasteiger partial charge in [-0.2, -0.15) is 0 Å². The van der Waals surface area contributed by atoms with Gasteiger partial charge in [0, 0.05) is 19.6 Å². The van der Waals surface area contributed by atoms with E-state index in [0.29, 0.717) is 12.4 Å². The van der Waals surface area contributed by atoms with Crippen LogP contribution < -0.4 is 5.32 Å². The van der Waals surface area contributed by atoms with Crippen LogP contribution in [0.3, 0.4) is 0 Å². The van der Waals surface area contributed by atoms with Crippen LogP contribution in [0, 0.1) is 17.0 Å². The van der Waals surface area contributed by atoms with Crippen molar-refractivity contribution in [2.75, 3.05) is 13.1 Å². The van der Waals surface area contributed by atoms with Gasteiger partial charge >= 0.3 is 0 Å². The SMILES string of the molecule is Cc1cccc(CN2CCN/C2=C\[N+](=O)[O-])c1. The number of nitrogens with zero attached hydrogens (tertiary/aromatic N) is 2. The Morgan fingerprint density at radius 2 is 2.41 bits per heavy atom. The van der Waals surface area contributed by atoms with Gasteiger partial charge in [-0.05, 0) is 12.5 Å². The lowest BCUT2D eigenvalue weighted by molar-refractivity contribution is -0.404. The number of nitrogens with one attached hydrogen (secondary N) is 1. The Morgan fingerprint density at radius 3 is 3.12 bits per heavy atom. The standard InChI is InChI=1S/C12H15N3O2/c1-10-3-2-4-11(7-10)8-14-6-5-13-12(14)9-15(16)17/h2-4,7,9,13H,5-6,8H2,1H3/b12-9+. The van der Waals surface area contributed by atoms with E-state index < -0.39 is 4.92 Å². The van der Waals surface area contributed by atoms with Crippen molar-refractivity contribution in [1.29, 1.82) is 0 Å². The minimum absolute atomic E-state index is 0.420. The molecule has 2 rings (SSSR count). The summed E-state index contributed by atoms with van der Waals surface area (Å²) >= 11 is 0. The molecule has 90 valence electrons. The fraction of sp³-hybridized carbons (Fsp3) is 0.333. The third kappa shape index (κ3) is 2.96. The van der Waals surface area contributed by atoms with Crippen LogP contribution in [0.25, 0.3) is 0 Å². The number of rotatable bonds is 3. The molecule has 1 aliphatic heterocycles. The summed E-state index contributed by atoms with van der Waals surface area (Å²) in [6, 6.07) is 8.18. The summed E-state index contributed by atoms with van der Waals surface area (Å²) in [6.07, 6.45) is 1.03. The second-order valence-electron chi connectivity index (χ2n) is 4.14. The Bertz CT molecular complexity index is 457. The second-order valence-corrected chi connectivity index (χ2v) is 4.14. The van der Waals surface area contributed by atoms with Crippen molar-refractivity contribution in [3.05, 3.63) is 57.5 Å². The minimum atomic E-state index is -0.420. The molecule has 0 radical (unpaired) electrons. The van der Waals surface area contributed by atoms with Crippen molar-refractivity contribution in [2.24, 2.45) is 0 Å². The van der Waals surface area contributed by atoms with Crippen molar-refractivity contribution in [3.8, 4) is 0 Å². The first-order chi connectivity index (χ1) is 8.15. The summed E-state index contributed by atoms with van der Waals surface area (Å²) in [5.74, 6) is 0.594. The molecule has 0 aromatic heterocycles. The summed E-state index contributed by atoms with van der Waals surface area (Å²) in [5.41, 5.74) is 2.37. The quantitative estimate of drug-likeness (QED) is 0.634. The molecular weight excluding hydrogens is 218 g/mol. The molecule has 0 saturated carbocycles. The van der Waals surface area contributed by atoms with Crippen molar-refractivity contribution in [1.82, 2.24) is 10.2 Å². The molecule has 0 unspecified atom stereocenters. The molecule has 1 saturated heterocycles. The average Bonchev–Trinajstić information content (AvgIpc) is 2.65. The predicted octanol–water partition coefficient (Wildman–Crippen LogP) is 1.48. The lowest BCUT2D eigenvalue weighted by Crippen LogP contribution is -2.20. The third-order valence-corrected chi connectivity index (χ3v) is 2.71. The molecule has 1 aromatic rings. The lowest BCUT2D eigenvalue weighted by Gasteiger charge is -2.17. The fourth-order valence-electron chi connectivity index (χ4n) is 1.97. The molecule has 0 atom stereocenters. The Kier molecular flexibility index (Phi) is 3.27. The van der Waals surface area contributed by atoms with Gasteiger partial charge in [-0.3, -0.25) is 10.1 Å². The van der Waals surface area contributed by atoms with E-state index in [9.17, 15) is 10.1 Å². The highest BCUT2D eigenvalue weighted by atomic mass is 16.6. The zero-order chi connectivity index (χ0) is 12.3. The van der Waals surface area contributed by atoms with E-state index in [-0.39, 0.29) is 0 Å². The fourth-order valence-corrected chi connectivity index (χ4v) is 1.97. The second kappa shape index (κ2) is 4.86. The van der Waals surface area contributed by atoms with Crippen LogP contribution in [0.4, 0.5) is 0 Å². The minimum Gasteiger partial charge on any atom is -0.365 e. The topological polar surface area (TPSA) is 58.4 Å². The van der Waals surface area contributed by atoms with Gasteiger partial charge in [0.25, 0.3) is 6.20 Å².